The van der Waals surface area contributed by atoms with Gasteiger partial charge in [-0.15, -0.1) is 0 Å². The molecular weight excluding hydrogens is 373 g/mol. The topological polar surface area (TPSA) is 47.6 Å². The molecule has 0 aromatic heterocycles. The molecule has 0 spiro atoms. The predicted molar refractivity (Wildman–Crippen MR) is 104 cm³/mol. The second-order valence-electron chi connectivity index (χ2n) is 7.28. The van der Waals surface area contributed by atoms with E-state index in [1.54, 1.807) is 0 Å². The number of ether oxygens (including phenoxy) is 2. The fraction of sp³-hybridized carbons (Fsp3) is 0.650. The van der Waals surface area contributed by atoms with Gasteiger partial charge < -0.3 is 14.8 Å². The highest BCUT2D eigenvalue weighted by Gasteiger charge is 2.49. The van der Waals surface area contributed by atoms with Crippen molar-refractivity contribution in [2.45, 2.75) is 63.5 Å². The molecule has 2 unspecified atom stereocenters. The lowest BCUT2D eigenvalue weighted by Crippen LogP contribution is -2.40. The number of rotatable bonds is 8. The van der Waals surface area contributed by atoms with Crippen LogP contribution in [-0.2, 0) is 14.3 Å². The third-order valence-electron chi connectivity index (χ3n) is 5.29. The molecule has 144 valence electrons. The Balaban J connectivity index is 1.67. The molecule has 2 fully saturated rings. The summed E-state index contributed by atoms with van der Waals surface area (Å²) in [5, 5.41) is 4.69. The van der Waals surface area contributed by atoms with Gasteiger partial charge in [0.1, 0.15) is 5.60 Å². The van der Waals surface area contributed by atoms with E-state index in [0.29, 0.717) is 29.1 Å². The Hall–Kier alpha value is -0.810. The molecule has 2 bridgehead atoms. The molecule has 2 atom stereocenters. The van der Waals surface area contributed by atoms with E-state index in [4.69, 9.17) is 32.7 Å². The van der Waals surface area contributed by atoms with Gasteiger partial charge in [-0.05, 0) is 50.2 Å². The highest BCUT2D eigenvalue weighted by molar-refractivity contribution is 6.44. The Bertz CT molecular complexity index is 631. The molecule has 0 amide bonds. The number of halogens is 2. The molecule has 0 saturated carbocycles. The lowest BCUT2D eigenvalue weighted by Gasteiger charge is -2.30. The van der Waals surface area contributed by atoms with Gasteiger partial charge in [0, 0.05) is 19.0 Å². The molecule has 2 saturated heterocycles. The highest BCUT2D eigenvalue weighted by atomic mass is 35.5. The first-order valence-electron chi connectivity index (χ1n) is 9.53. The van der Waals surface area contributed by atoms with E-state index in [1.165, 1.54) is 11.1 Å². The average Bonchev–Trinajstić information content (AvgIpc) is 3.22. The summed E-state index contributed by atoms with van der Waals surface area (Å²) in [5.41, 5.74) is 2.20. The van der Waals surface area contributed by atoms with E-state index in [2.05, 4.69) is 5.32 Å². The first kappa shape index (κ1) is 19.9. The zero-order valence-corrected chi connectivity index (χ0v) is 16.8. The van der Waals surface area contributed by atoms with Crippen LogP contribution < -0.4 is 5.32 Å². The van der Waals surface area contributed by atoms with Crippen LogP contribution >= 0.6 is 23.2 Å². The standard InChI is InChI=1S/C20H27Cl2NO3/c1-2-9-25-19(24)6-4-3-5-14-7-8-17(21)18(22)10-16(14)20-11-15(12-26-20)23-13-20/h8,10,15,23H,2-7,9,11-13H2,1H3. The lowest BCUT2D eigenvalue weighted by atomic mass is 9.85. The van der Waals surface area contributed by atoms with Gasteiger partial charge in [0.05, 0.1) is 23.3 Å². The highest BCUT2D eigenvalue weighted by Crippen LogP contribution is 2.43. The van der Waals surface area contributed by atoms with Crippen LogP contribution in [0.1, 0.15) is 51.9 Å². The zero-order valence-electron chi connectivity index (χ0n) is 15.3. The summed E-state index contributed by atoms with van der Waals surface area (Å²) in [5.74, 6) is -0.103. The van der Waals surface area contributed by atoms with Crippen molar-refractivity contribution in [2.75, 3.05) is 19.8 Å². The summed E-state index contributed by atoms with van der Waals surface area (Å²) in [6.45, 7) is 4.07. The summed E-state index contributed by atoms with van der Waals surface area (Å²) < 4.78 is 11.3. The maximum atomic E-state index is 11.7. The summed E-state index contributed by atoms with van der Waals surface area (Å²) in [7, 11) is 0. The van der Waals surface area contributed by atoms with Crippen LogP contribution in [0.5, 0.6) is 0 Å². The maximum absolute atomic E-state index is 11.7. The Kier molecular flexibility index (Phi) is 6.84. The smallest absolute Gasteiger partial charge is 0.305 e. The molecule has 0 aromatic rings. The largest absolute Gasteiger partial charge is 0.466 e. The number of allylic oxidation sites excluding steroid dienone is 4. The molecule has 4 nitrogen and oxygen atoms in total. The maximum Gasteiger partial charge on any atom is 0.305 e. The van der Waals surface area contributed by atoms with Gasteiger partial charge in [0.25, 0.3) is 0 Å². The predicted octanol–water partition coefficient (Wildman–Crippen LogP) is 4.58. The quantitative estimate of drug-likeness (QED) is 0.479. The zero-order chi connectivity index (χ0) is 18.6. The number of nitrogens with one attached hydrogen (secondary N) is 1. The minimum atomic E-state index is -0.282. The van der Waals surface area contributed by atoms with Crippen molar-refractivity contribution in [1.29, 1.82) is 0 Å². The third-order valence-corrected chi connectivity index (χ3v) is 6.06. The normalized spacial score (nSPS) is 28.0. The second-order valence-corrected chi connectivity index (χ2v) is 8.09. The minimum Gasteiger partial charge on any atom is -0.466 e. The summed E-state index contributed by atoms with van der Waals surface area (Å²) >= 11 is 12.7. The molecule has 0 radical (unpaired) electrons. The number of hydrogen-bond donors (Lipinski definition) is 1. The molecule has 26 heavy (non-hydrogen) atoms. The molecule has 2 heterocycles. The molecule has 3 aliphatic rings. The fourth-order valence-corrected chi connectivity index (χ4v) is 4.24. The van der Waals surface area contributed by atoms with Gasteiger partial charge in [0.15, 0.2) is 0 Å². The summed E-state index contributed by atoms with van der Waals surface area (Å²) in [6.07, 6.45) is 9.72. The third kappa shape index (κ3) is 4.53. The Labute approximate surface area is 165 Å². The molecule has 2 aliphatic heterocycles. The monoisotopic (exact) mass is 399 g/mol. The molecule has 1 aliphatic carbocycles. The number of unbranched alkanes of at least 4 members (excludes halogenated alkanes) is 1. The van der Waals surface area contributed by atoms with E-state index in [-0.39, 0.29) is 11.6 Å². The van der Waals surface area contributed by atoms with E-state index in [1.807, 2.05) is 19.1 Å². The number of carbonyl (C=O) groups is 1. The molecular formula is C20H27Cl2NO3. The van der Waals surface area contributed by atoms with E-state index >= 15 is 0 Å². The van der Waals surface area contributed by atoms with Crippen LogP contribution in [-0.4, -0.2) is 37.4 Å². The molecule has 0 aromatic carbocycles. The van der Waals surface area contributed by atoms with Gasteiger partial charge in [0.2, 0.25) is 0 Å². The number of fused-ring (bicyclic) bond motifs is 2. The fourth-order valence-electron chi connectivity index (χ4n) is 3.93. The Morgan fingerprint density at radius 2 is 2.23 bits per heavy atom. The van der Waals surface area contributed by atoms with Crippen molar-refractivity contribution in [2.24, 2.45) is 0 Å². The van der Waals surface area contributed by atoms with E-state index in [0.717, 1.165) is 51.7 Å². The summed E-state index contributed by atoms with van der Waals surface area (Å²) in [4.78, 5) is 11.7. The first-order chi connectivity index (χ1) is 12.5. The lowest BCUT2D eigenvalue weighted by molar-refractivity contribution is -0.143. The van der Waals surface area contributed by atoms with Crippen molar-refractivity contribution in [3.8, 4) is 0 Å². The molecule has 3 rings (SSSR count). The van der Waals surface area contributed by atoms with Crippen LogP contribution in [0.15, 0.2) is 33.4 Å². The first-order valence-corrected chi connectivity index (χ1v) is 10.3. The van der Waals surface area contributed by atoms with Crippen molar-refractivity contribution < 1.29 is 14.3 Å². The van der Waals surface area contributed by atoms with Crippen LogP contribution in [0.25, 0.3) is 0 Å². The Morgan fingerprint density at radius 1 is 1.38 bits per heavy atom. The molecule has 1 N–H and O–H groups in total. The van der Waals surface area contributed by atoms with Gasteiger partial charge >= 0.3 is 5.97 Å². The van der Waals surface area contributed by atoms with Crippen molar-refractivity contribution in [3.63, 3.8) is 0 Å². The van der Waals surface area contributed by atoms with Crippen molar-refractivity contribution in [1.82, 2.24) is 5.32 Å². The number of hydrogen-bond acceptors (Lipinski definition) is 4. The number of carbonyl (C=O) groups excluding carboxylic acids is 1. The van der Waals surface area contributed by atoms with Crippen LogP contribution in [0.3, 0.4) is 0 Å². The van der Waals surface area contributed by atoms with E-state index in [9.17, 15) is 4.79 Å². The SMILES string of the molecule is CCCOC(=O)CCCCC1=C(C23CNC(CO2)C3)C=C(Cl)C(Cl)=CC1. The Morgan fingerprint density at radius 3 is 2.88 bits per heavy atom. The van der Waals surface area contributed by atoms with Gasteiger partial charge in [-0.25, -0.2) is 0 Å². The average molecular weight is 400 g/mol. The minimum absolute atomic E-state index is 0.103. The van der Waals surface area contributed by atoms with Gasteiger partial charge in [-0.3, -0.25) is 4.79 Å². The van der Waals surface area contributed by atoms with Gasteiger partial charge in [-0.2, -0.15) is 0 Å². The van der Waals surface area contributed by atoms with Crippen molar-refractivity contribution >= 4 is 29.2 Å². The number of morpholine rings is 1. The summed E-state index contributed by atoms with van der Waals surface area (Å²) in [6, 6.07) is 0.427. The van der Waals surface area contributed by atoms with Crippen LogP contribution in [0.2, 0.25) is 0 Å². The number of esters is 1. The van der Waals surface area contributed by atoms with Crippen molar-refractivity contribution in [3.05, 3.63) is 33.4 Å². The van der Waals surface area contributed by atoms with E-state index < -0.39 is 0 Å². The molecule has 6 heteroatoms. The van der Waals surface area contributed by atoms with Gasteiger partial charge in [-0.1, -0.05) is 41.8 Å². The second kappa shape index (κ2) is 8.92. The van der Waals surface area contributed by atoms with Crippen LogP contribution in [0.4, 0.5) is 0 Å². The van der Waals surface area contributed by atoms with Crippen LogP contribution in [0, 0.1) is 0 Å².